The van der Waals surface area contributed by atoms with Gasteiger partial charge in [0.25, 0.3) is 5.91 Å². The summed E-state index contributed by atoms with van der Waals surface area (Å²) in [7, 11) is 1.59. The molecule has 162 valence electrons. The molecular formula is C25H20ClIN2O3. The minimum atomic E-state index is -0.182. The van der Waals surface area contributed by atoms with Crippen LogP contribution in [0.4, 0.5) is 5.69 Å². The highest BCUT2D eigenvalue weighted by Gasteiger charge is 2.22. The van der Waals surface area contributed by atoms with Gasteiger partial charge in [0.05, 0.1) is 24.7 Å². The first-order valence-corrected chi connectivity index (χ1v) is 11.4. The van der Waals surface area contributed by atoms with Crippen LogP contribution in [-0.2, 0) is 11.2 Å². The van der Waals surface area contributed by atoms with Crippen LogP contribution < -0.4 is 10.1 Å². The predicted octanol–water partition coefficient (Wildman–Crippen LogP) is 6.09. The van der Waals surface area contributed by atoms with E-state index in [2.05, 4.69) is 27.9 Å². The fourth-order valence-electron chi connectivity index (χ4n) is 3.71. The number of anilines is 1. The number of carbonyl (C=O) groups excluding carboxylic acids is 2. The molecule has 5 nitrogen and oxygen atoms in total. The number of nitrogens with one attached hydrogen (secondary N) is 1. The molecule has 1 amide bonds. The summed E-state index contributed by atoms with van der Waals surface area (Å²) in [6, 6.07) is 19.9. The van der Waals surface area contributed by atoms with Crippen molar-refractivity contribution in [3.8, 4) is 5.75 Å². The number of amides is 1. The van der Waals surface area contributed by atoms with Gasteiger partial charge < -0.3 is 10.1 Å². The van der Waals surface area contributed by atoms with Gasteiger partial charge in [0, 0.05) is 25.2 Å². The molecule has 0 bridgehead atoms. The zero-order chi connectivity index (χ0) is 22.8. The number of halogens is 2. The third kappa shape index (κ3) is 4.38. The quantitative estimate of drug-likeness (QED) is 0.302. The molecule has 0 aliphatic rings. The van der Waals surface area contributed by atoms with Crippen molar-refractivity contribution in [2.45, 2.75) is 13.3 Å². The minimum absolute atomic E-state index is 0.126. The largest absolute Gasteiger partial charge is 0.497 e. The van der Waals surface area contributed by atoms with E-state index in [4.69, 9.17) is 16.3 Å². The number of methoxy groups -OCH3 is 1. The number of fused-ring (bicyclic) bond motifs is 1. The van der Waals surface area contributed by atoms with Crippen molar-refractivity contribution >= 4 is 62.6 Å². The SMILES string of the molecule is COc1ccc2c(c1)c(CC(=O)Nc1ccccc1I)c(C)n2C(=O)c1ccc(Cl)cc1. The lowest BCUT2D eigenvalue weighted by molar-refractivity contribution is -0.115. The van der Waals surface area contributed by atoms with E-state index in [9.17, 15) is 9.59 Å². The molecule has 0 saturated carbocycles. The maximum absolute atomic E-state index is 13.4. The number of nitrogens with zero attached hydrogens (tertiary/aromatic N) is 1. The van der Waals surface area contributed by atoms with Gasteiger partial charge in [0.2, 0.25) is 5.91 Å². The van der Waals surface area contributed by atoms with Gasteiger partial charge in [-0.05, 0) is 89.7 Å². The van der Waals surface area contributed by atoms with Crippen LogP contribution in [0, 0.1) is 10.5 Å². The second-order valence-electron chi connectivity index (χ2n) is 7.30. The summed E-state index contributed by atoms with van der Waals surface area (Å²) >= 11 is 8.17. The summed E-state index contributed by atoms with van der Waals surface area (Å²) in [4.78, 5) is 26.3. The Kier molecular flexibility index (Phi) is 6.53. The fourth-order valence-corrected chi connectivity index (χ4v) is 4.36. The lowest BCUT2D eigenvalue weighted by Gasteiger charge is -2.09. The lowest BCUT2D eigenvalue weighted by Crippen LogP contribution is -2.17. The van der Waals surface area contributed by atoms with Gasteiger partial charge in [-0.1, -0.05) is 23.7 Å². The van der Waals surface area contributed by atoms with Gasteiger partial charge in [-0.25, -0.2) is 0 Å². The van der Waals surface area contributed by atoms with Gasteiger partial charge in [-0.2, -0.15) is 0 Å². The third-order valence-electron chi connectivity index (χ3n) is 5.32. The maximum atomic E-state index is 13.4. The van der Waals surface area contributed by atoms with E-state index in [1.165, 1.54) is 0 Å². The number of benzene rings is 3. The molecule has 4 rings (SSSR count). The van der Waals surface area contributed by atoms with Crippen molar-refractivity contribution in [1.29, 1.82) is 0 Å². The third-order valence-corrected chi connectivity index (χ3v) is 6.51. The van der Waals surface area contributed by atoms with Crippen LogP contribution in [0.15, 0.2) is 66.7 Å². The normalized spacial score (nSPS) is 10.9. The second-order valence-corrected chi connectivity index (χ2v) is 8.90. The molecule has 1 aromatic heterocycles. The highest BCUT2D eigenvalue weighted by Crippen LogP contribution is 2.31. The summed E-state index contributed by atoms with van der Waals surface area (Å²) in [5.41, 5.74) is 3.49. The summed E-state index contributed by atoms with van der Waals surface area (Å²) in [5, 5.41) is 4.34. The maximum Gasteiger partial charge on any atom is 0.262 e. The summed E-state index contributed by atoms with van der Waals surface area (Å²) in [6.07, 6.45) is 0.126. The Morgan fingerprint density at radius 2 is 1.78 bits per heavy atom. The average molecular weight is 559 g/mol. The van der Waals surface area contributed by atoms with Crippen molar-refractivity contribution in [2.24, 2.45) is 0 Å². The Morgan fingerprint density at radius 3 is 2.47 bits per heavy atom. The molecule has 32 heavy (non-hydrogen) atoms. The highest BCUT2D eigenvalue weighted by molar-refractivity contribution is 14.1. The molecule has 0 spiro atoms. The number of carbonyl (C=O) groups is 2. The summed E-state index contributed by atoms with van der Waals surface area (Å²) < 4.78 is 7.99. The zero-order valence-electron chi connectivity index (χ0n) is 17.5. The van der Waals surface area contributed by atoms with Gasteiger partial charge in [-0.3, -0.25) is 14.2 Å². The first kappa shape index (κ1) is 22.4. The standard InChI is InChI=1S/C25H20ClIN2O3/c1-15-19(14-24(30)28-22-6-4-3-5-21(22)27)20-13-18(32-2)11-12-23(20)29(15)25(31)16-7-9-17(26)10-8-16/h3-13H,14H2,1-2H3,(H,28,30). The van der Waals surface area contributed by atoms with Crippen LogP contribution in [0.2, 0.25) is 5.02 Å². The average Bonchev–Trinajstić information content (AvgIpc) is 3.06. The molecule has 1 N–H and O–H groups in total. The van der Waals surface area contributed by atoms with E-state index in [0.29, 0.717) is 22.0 Å². The van der Waals surface area contributed by atoms with E-state index in [0.717, 1.165) is 25.7 Å². The molecular weight excluding hydrogens is 539 g/mol. The molecule has 7 heteroatoms. The van der Waals surface area contributed by atoms with Crippen molar-refractivity contribution in [3.63, 3.8) is 0 Å². The van der Waals surface area contributed by atoms with Crippen molar-refractivity contribution < 1.29 is 14.3 Å². The molecule has 0 aliphatic heterocycles. The number of hydrogen-bond donors (Lipinski definition) is 1. The number of ether oxygens (including phenoxy) is 1. The van der Waals surface area contributed by atoms with Crippen molar-refractivity contribution in [1.82, 2.24) is 4.57 Å². The Labute approximate surface area is 204 Å². The Hall–Kier alpha value is -2.84. The highest BCUT2D eigenvalue weighted by atomic mass is 127. The van der Waals surface area contributed by atoms with E-state index in [-0.39, 0.29) is 18.2 Å². The van der Waals surface area contributed by atoms with E-state index >= 15 is 0 Å². The van der Waals surface area contributed by atoms with E-state index < -0.39 is 0 Å². The Balaban J connectivity index is 1.77. The lowest BCUT2D eigenvalue weighted by atomic mass is 10.1. The topological polar surface area (TPSA) is 60.3 Å². The molecule has 1 heterocycles. The number of rotatable bonds is 5. The van der Waals surface area contributed by atoms with E-state index in [1.54, 1.807) is 35.9 Å². The second kappa shape index (κ2) is 9.34. The van der Waals surface area contributed by atoms with Crippen molar-refractivity contribution in [2.75, 3.05) is 12.4 Å². The Morgan fingerprint density at radius 1 is 1.06 bits per heavy atom. The van der Waals surface area contributed by atoms with Gasteiger partial charge in [-0.15, -0.1) is 0 Å². The van der Waals surface area contributed by atoms with Crippen LogP contribution in [0.3, 0.4) is 0 Å². The van der Waals surface area contributed by atoms with Crippen LogP contribution in [0.5, 0.6) is 5.75 Å². The zero-order valence-corrected chi connectivity index (χ0v) is 20.4. The van der Waals surface area contributed by atoms with Gasteiger partial charge in [0.15, 0.2) is 0 Å². The number of aromatic nitrogens is 1. The van der Waals surface area contributed by atoms with Crippen molar-refractivity contribution in [3.05, 3.63) is 92.1 Å². The smallest absolute Gasteiger partial charge is 0.262 e. The first-order chi connectivity index (χ1) is 15.4. The molecule has 0 fully saturated rings. The molecule has 0 radical (unpaired) electrons. The van der Waals surface area contributed by atoms with Gasteiger partial charge >= 0.3 is 0 Å². The van der Waals surface area contributed by atoms with E-state index in [1.807, 2.05) is 49.4 Å². The summed E-state index contributed by atoms with van der Waals surface area (Å²) in [5.74, 6) is 0.324. The molecule has 4 aromatic rings. The Bertz CT molecular complexity index is 1330. The van der Waals surface area contributed by atoms with Crippen LogP contribution in [0.1, 0.15) is 21.6 Å². The summed E-state index contributed by atoms with van der Waals surface area (Å²) in [6.45, 7) is 1.86. The first-order valence-electron chi connectivity index (χ1n) is 9.91. The number of hydrogen-bond acceptors (Lipinski definition) is 3. The van der Waals surface area contributed by atoms with Crippen LogP contribution >= 0.6 is 34.2 Å². The molecule has 3 aromatic carbocycles. The molecule has 0 unspecified atom stereocenters. The predicted molar refractivity (Wildman–Crippen MR) is 136 cm³/mol. The fraction of sp³-hybridized carbons (Fsp3) is 0.120. The van der Waals surface area contributed by atoms with Crippen LogP contribution in [0.25, 0.3) is 10.9 Å². The molecule has 0 saturated heterocycles. The number of para-hydroxylation sites is 1. The minimum Gasteiger partial charge on any atom is -0.497 e. The molecule has 0 aliphatic carbocycles. The van der Waals surface area contributed by atoms with Gasteiger partial charge in [0.1, 0.15) is 5.75 Å². The monoisotopic (exact) mass is 558 g/mol. The van der Waals surface area contributed by atoms with Crippen LogP contribution in [-0.4, -0.2) is 23.5 Å². The molecule has 0 atom stereocenters.